The molecule has 24 heavy (non-hydrogen) atoms. The number of halogens is 6. The first-order valence-electron chi connectivity index (χ1n) is 7.03. The third kappa shape index (κ3) is 7.16. The Labute approximate surface area is 138 Å². The Bertz CT molecular complexity index is 512. The molecule has 0 saturated carbocycles. The Morgan fingerprint density at radius 1 is 0.583 bits per heavy atom. The van der Waals surface area contributed by atoms with Gasteiger partial charge in [-0.25, -0.2) is 16.8 Å². The number of hydrogen-bond donors (Lipinski definition) is 0. The predicted octanol–water partition coefficient (Wildman–Crippen LogP) is 4.43. The Morgan fingerprint density at radius 2 is 0.792 bits per heavy atom. The van der Waals surface area contributed by atoms with Crippen molar-refractivity contribution in [1.82, 2.24) is 0 Å². The predicted molar refractivity (Wildman–Crippen MR) is 78.4 cm³/mol. The van der Waals surface area contributed by atoms with E-state index in [9.17, 15) is 43.2 Å². The van der Waals surface area contributed by atoms with Crippen LogP contribution in [0.5, 0.6) is 0 Å². The summed E-state index contributed by atoms with van der Waals surface area (Å²) in [6.45, 7) is 9.21. The third-order valence-corrected chi connectivity index (χ3v) is 7.91. The van der Waals surface area contributed by atoms with Crippen LogP contribution >= 0.6 is 0 Å². The van der Waals surface area contributed by atoms with Gasteiger partial charge < -0.3 is 0 Å². The minimum absolute atomic E-state index is 0.667. The van der Waals surface area contributed by atoms with Gasteiger partial charge in [-0.2, -0.15) is 26.3 Å². The minimum atomic E-state index is -6.35. The summed E-state index contributed by atoms with van der Waals surface area (Å²) >= 11 is 0. The van der Waals surface area contributed by atoms with Crippen molar-refractivity contribution in [2.75, 3.05) is 5.08 Å². The number of hydrogen-bond acceptors (Lipinski definition) is 4. The van der Waals surface area contributed by atoms with Gasteiger partial charge in [0.1, 0.15) is 0 Å². The van der Waals surface area contributed by atoms with Gasteiger partial charge in [0, 0.05) is 0 Å². The SMILES string of the molecule is CCC(CC)(CC)CC.O=S(=O)(CS(=O)(=O)C(F)(F)F)C(F)(F)F. The molecular weight excluding hydrogens is 386 g/mol. The average Bonchev–Trinajstić information content (AvgIpc) is 2.39. The van der Waals surface area contributed by atoms with Gasteiger partial charge in [0.25, 0.3) is 19.7 Å². The molecule has 0 amide bonds. The molecule has 0 saturated heterocycles. The molecule has 0 bridgehead atoms. The van der Waals surface area contributed by atoms with Crippen LogP contribution in [-0.2, 0) is 19.7 Å². The summed E-state index contributed by atoms with van der Waals surface area (Å²) < 4.78 is 110. The van der Waals surface area contributed by atoms with Gasteiger partial charge >= 0.3 is 11.0 Å². The maximum atomic E-state index is 11.5. The highest BCUT2D eigenvalue weighted by Gasteiger charge is 2.55. The lowest BCUT2D eigenvalue weighted by molar-refractivity contribution is -0.0456. The Hall–Kier alpha value is -0.520. The van der Waals surface area contributed by atoms with Gasteiger partial charge in [0.15, 0.2) is 5.08 Å². The van der Waals surface area contributed by atoms with Crippen LogP contribution in [0.1, 0.15) is 53.4 Å². The van der Waals surface area contributed by atoms with E-state index in [0.29, 0.717) is 5.41 Å². The van der Waals surface area contributed by atoms with Crippen molar-refractivity contribution in [3.63, 3.8) is 0 Å². The fraction of sp³-hybridized carbons (Fsp3) is 1.00. The van der Waals surface area contributed by atoms with Crippen molar-refractivity contribution in [3.8, 4) is 0 Å². The largest absolute Gasteiger partial charge is 0.498 e. The summed E-state index contributed by atoms with van der Waals surface area (Å²) in [4.78, 5) is 0. The number of alkyl halides is 6. The summed E-state index contributed by atoms with van der Waals surface area (Å²) in [5, 5.41) is -3.03. The molecule has 0 unspecified atom stereocenters. The van der Waals surface area contributed by atoms with Gasteiger partial charge in [0.2, 0.25) is 0 Å². The van der Waals surface area contributed by atoms with Crippen molar-refractivity contribution in [2.45, 2.75) is 64.4 Å². The third-order valence-electron chi connectivity index (χ3n) is 4.02. The van der Waals surface area contributed by atoms with Crippen molar-refractivity contribution in [3.05, 3.63) is 0 Å². The second-order valence-corrected chi connectivity index (χ2v) is 9.48. The second-order valence-electron chi connectivity index (χ2n) is 5.15. The summed E-state index contributed by atoms with van der Waals surface area (Å²) in [5.74, 6) is 0. The fourth-order valence-corrected chi connectivity index (χ4v) is 4.54. The molecule has 0 N–H and O–H groups in total. The van der Waals surface area contributed by atoms with Crippen molar-refractivity contribution < 1.29 is 43.2 Å². The van der Waals surface area contributed by atoms with Crippen LogP contribution in [0.25, 0.3) is 0 Å². The van der Waals surface area contributed by atoms with E-state index in [1.54, 1.807) is 0 Å². The smallest absolute Gasteiger partial charge is 0.218 e. The molecule has 4 nitrogen and oxygen atoms in total. The average molecular weight is 408 g/mol. The Morgan fingerprint density at radius 3 is 0.875 bits per heavy atom. The molecule has 12 heteroatoms. The van der Waals surface area contributed by atoms with Crippen LogP contribution in [-0.4, -0.2) is 32.9 Å². The van der Waals surface area contributed by atoms with Crippen LogP contribution in [0.4, 0.5) is 26.3 Å². The van der Waals surface area contributed by atoms with Crippen molar-refractivity contribution in [2.24, 2.45) is 5.41 Å². The van der Waals surface area contributed by atoms with Crippen LogP contribution < -0.4 is 0 Å². The molecule has 0 radical (unpaired) electrons. The maximum absolute atomic E-state index is 11.5. The molecule has 0 atom stereocenters. The molecule has 0 heterocycles. The quantitative estimate of drug-likeness (QED) is 0.610. The highest BCUT2D eigenvalue weighted by atomic mass is 32.3. The first-order chi connectivity index (χ1) is 10.4. The zero-order valence-electron chi connectivity index (χ0n) is 13.8. The first-order valence-corrected chi connectivity index (χ1v) is 10.3. The highest BCUT2D eigenvalue weighted by molar-refractivity contribution is 8.08. The van der Waals surface area contributed by atoms with Gasteiger partial charge in [0.05, 0.1) is 0 Å². The molecule has 0 aromatic rings. The molecule has 0 rings (SSSR count). The normalized spacial score (nSPS) is 14.1. The molecule has 0 fully saturated rings. The van der Waals surface area contributed by atoms with Crippen molar-refractivity contribution >= 4 is 19.7 Å². The lowest BCUT2D eigenvalue weighted by Gasteiger charge is -2.28. The van der Waals surface area contributed by atoms with Crippen LogP contribution in [0.3, 0.4) is 0 Å². The van der Waals surface area contributed by atoms with Crippen molar-refractivity contribution in [1.29, 1.82) is 0 Å². The minimum Gasteiger partial charge on any atom is -0.218 e. The zero-order valence-corrected chi connectivity index (χ0v) is 15.4. The Balaban J connectivity index is 0. The van der Waals surface area contributed by atoms with E-state index in [4.69, 9.17) is 0 Å². The van der Waals surface area contributed by atoms with Gasteiger partial charge in [-0.15, -0.1) is 0 Å². The van der Waals surface area contributed by atoms with E-state index in [1.807, 2.05) is 0 Å². The molecule has 0 aliphatic rings. The van der Waals surface area contributed by atoms with E-state index in [0.717, 1.165) is 0 Å². The highest BCUT2D eigenvalue weighted by Crippen LogP contribution is 2.33. The molecule has 0 aromatic carbocycles. The summed E-state index contributed by atoms with van der Waals surface area (Å²) in [6.07, 6.45) is 5.38. The first kappa shape index (κ1) is 25.7. The molecule has 0 spiro atoms. The van der Waals surface area contributed by atoms with Crippen LogP contribution in [0.15, 0.2) is 0 Å². The van der Waals surface area contributed by atoms with Crippen LogP contribution in [0, 0.1) is 5.41 Å². The van der Waals surface area contributed by atoms with Crippen LogP contribution in [0.2, 0.25) is 0 Å². The van der Waals surface area contributed by atoms with Gasteiger partial charge in [-0.3, -0.25) is 0 Å². The summed E-state index contributed by atoms with van der Waals surface area (Å²) in [5.41, 5.74) is -11.4. The summed E-state index contributed by atoms with van der Waals surface area (Å²) in [7, 11) is -12.7. The van der Waals surface area contributed by atoms with E-state index >= 15 is 0 Å². The van der Waals surface area contributed by atoms with E-state index in [1.165, 1.54) is 25.7 Å². The van der Waals surface area contributed by atoms with Gasteiger partial charge in [-0.05, 0) is 5.41 Å². The topological polar surface area (TPSA) is 68.3 Å². The maximum Gasteiger partial charge on any atom is 0.498 e. The van der Waals surface area contributed by atoms with E-state index in [2.05, 4.69) is 27.7 Å². The molecule has 0 aliphatic heterocycles. The zero-order chi connectivity index (χ0) is 20.0. The molecule has 0 aromatic heterocycles. The standard InChI is InChI=1S/C9H20.C3H2F6O4S2/c1-5-9(6-2,7-3)8-4;4-2(5,6)14(10,11)1-15(12,13)3(7,8)9/h5-8H2,1-4H3;1H2. The van der Waals surface area contributed by atoms with E-state index in [-0.39, 0.29) is 0 Å². The Kier molecular flexibility index (Phi) is 9.35. The molecule has 148 valence electrons. The fourth-order valence-electron chi connectivity index (χ4n) is 1.84. The number of sulfone groups is 2. The second kappa shape index (κ2) is 8.72. The van der Waals surface area contributed by atoms with Gasteiger partial charge in [-0.1, -0.05) is 53.4 Å². The summed E-state index contributed by atoms with van der Waals surface area (Å²) in [6, 6.07) is 0. The number of rotatable bonds is 6. The monoisotopic (exact) mass is 408 g/mol. The molecule has 0 aliphatic carbocycles. The lowest BCUT2D eigenvalue weighted by atomic mass is 9.78. The lowest BCUT2D eigenvalue weighted by Crippen LogP contribution is -2.36. The van der Waals surface area contributed by atoms with E-state index < -0.39 is 35.8 Å². The molecular formula is C12H22F6O4S2.